The summed E-state index contributed by atoms with van der Waals surface area (Å²) in [5, 5.41) is 2.32. The summed E-state index contributed by atoms with van der Waals surface area (Å²) in [5.41, 5.74) is 4.96. The number of aromatic nitrogens is 1. The minimum Gasteiger partial charge on any atom is -0.345 e. The van der Waals surface area contributed by atoms with Crippen LogP contribution in [0.2, 0.25) is 0 Å². The fourth-order valence-corrected chi connectivity index (χ4v) is 7.40. The lowest BCUT2D eigenvalue weighted by Crippen LogP contribution is -2.54. The van der Waals surface area contributed by atoms with Gasteiger partial charge in [0.1, 0.15) is 5.25 Å². The molecule has 0 bridgehead atoms. The van der Waals surface area contributed by atoms with Gasteiger partial charge < -0.3 is 4.90 Å². The number of alkyl halides is 1. The van der Waals surface area contributed by atoms with Crippen LogP contribution >= 0.6 is 22.9 Å². The van der Waals surface area contributed by atoms with E-state index in [0.717, 1.165) is 17.2 Å². The maximum absolute atomic E-state index is 13.2. The summed E-state index contributed by atoms with van der Waals surface area (Å²) in [7, 11) is -3.52. The number of thiazole rings is 1. The number of halogens is 1. The molecule has 1 aliphatic carbocycles. The molecule has 2 aromatic rings. The molecule has 0 amide bonds. The average Bonchev–Trinajstić information content (AvgIpc) is 3.19. The highest BCUT2D eigenvalue weighted by Crippen LogP contribution is 2.33. The summed E-state index contributed by atoms with van der Waals surface area (Å²) in [6, 6.07) is 6.38. The van der Waals surface area contributed by atoms with Crippen molar-refractivity contribution in [3.8, 4) is 0 Å². The third-order valence-electron chi connectivity index (χ3n) is 6.19. The molecule has 1 fully saturated rings. The predicted molar refractivity (Wildman–Crippen MR) is 130 cm³/mol. The third-order valence-corrected chi connectivity index (χ3v) is 10.0. The van der Waals surface area contributed by atoms with Crippen molar-refractivity contribution >= 4 is 38.1 Å². The van der Waals surface area contributed by atoms with Crippen molar-refractivity contribution < 1.29 is 8.42 Å². The Morgan fingerprint density at radius 3 is 2.65 bits per heavy atom. The van der Waals surface area contributed by atoms with Crippen LogP contribution in [0.3, 0.4) is 0 Å². The maximum atomic E-state index is 13.2. The van der Waals surface area contributed by atoms with Gasteiger partial charge in [-0.25, -0.2) is 13.4 Å². The summed E-state index contributed by atoms with van der Waals surface area (Å²) in [6.07, 6.45) is 7.81. The van der Waals surface area contributed by atoms with E-state index in [4.69, 9.17) is 16.6 Å². The van der Waals surface area contributed by atoms with E-state index in [1.165, 1.54) is 16.7 Å². The average molecular weight is 478 g/mol. The molecule has 1 aliphatic heterocycles. The van der Waals surface area contributed by atoms with Crippen LogP contribution in [0.15, 0.2) is 47.9 Å². The summed E-state index contributed by atoms with van der Waals surface area (Å²) < 4.78 is 28.0. The first-order valence-corrected chi connectivity index (χ1v) is 13.2. The Kier molecular flexibility index (Phi) is 6.32. The van der Waals surface area contributed by atoms with Crippen LogP contribution in [-0.2, 0) is 16.4 Å². The number of benzene rings is 1. The van der Waals surface area contributed by atoms with E-state index in [-0.39, 0.29) is 0 Å². The van der Waals surface area contributed by atoms with Gasteiger partial charge in [0.25, 0.3) is 0 Å². The predicted octanol–water partition coefficient (Wildman–Crippen LogP) is 4.29. The van der Waals surface area contributed by atoms with Crippen molar-refractivity contribution in [3.63, 3.8) is 0 Å². The first-order valence-electron chi connectivity index (χ1n) is 10.5. The van der Waals surface area contributed by atoms with Crippen molar-refractivity contribution in [1.29, 1.82) is 0 Å². The SMILES string of the molecule is Cc1cccc(Cc2csc(N3CCN(S(=O)(=O)C4C=CC=CC4(C)Cl)CC3)n2)c1C. The fraction of sp³-hybridized carbons (Fsp3) is 0.435. The summed E-state index contributed by atoms with van der Waals surface area (Å²) in [4.78, 5) is 6.09. The van der Waals surface area contributed by atoms with Gasteiger partial charge in [0.05, 0.1) is 10.6 Å². The Labute approximate surface area is 194 Å². The Morgan fingerprint density at radius 1 is 1.19 bits per heavy atom. The molecular formula is C23H28ClN3O2S2. The Morgan fingerprint density at radius 2 is 1.94 bits per heavy atom. The molecule has 0 saturated carbocycles. The second kappa shape index (κ2) is 8.70. The van der Waals surface area contributed by atoms with Crippen LogP contribution in [0.4, 0.5) is 5.13 Å². The summed E-state index contributed by atoms with van der Waals surface area (Å²) >= 11 is 8.12. The van der Waals surface area contributed by atoms with Crippen LogP contribution in [-0.4, -0.2) is 54.0 Å². The number of piperazine rings is 1. The number of sulfonamides is 1. The molecule has 2 atom stereocenters. The smallest absolute Gasteiger partial charge is 0.222 e. The van der Waals surface area contributed by atoms with E-state index in [9.17, 15) is 8.42 Å². The van der Waals surface area contributed by atoms with E-state index < -0.39 is 20.1 Å². The minimum atomic E-state index is -3.52. The van der Waals surface area contributed by atoms with Crippen molar-refractivity contribution in [2.45, 2.75) is 37.3 Å². The maximum Gasteiger partial charge on any atom is 0.222 e. The number of allylic oxidation sites excluding steroid dienone is 3. The molecule has 1 saturated heterocycles. The third kappa shape index (κ3) is 4.60. The molecule has 2 unspecified atom stereocenters. The van der Waals surface area contributed by atoms with Crippen molar-refractivity contribution in [2.75, 3.05) is 31.1 Å². The summed E-state index contributed by atoms with van der Waals surface area (Å²) in [5.74, 6) is 0. The Balaban J connectivity index is 1.41. The van der Waals surface area contributed by atoms with E-state index in [2.05, 4.69) is 42.3 Å². The molecule has 166 valence electrons. The quantitative estimate of drug-likeness (QED) is 0.602. The number of hydrogen-bond acceptors (Lipinski definition) is 5. The zero-order valence-corrected chi connectivity index (χ0v) is 20.5. The Bertz CT molecular complexity index is 1110. The van der Waals surface area contributed by atoms with Gasteiger partial charge in [-0.3, -0.25) is 0 Å². The zero-order valence-electron chi connectivity index (χ0n) is 18.1. The highest BCUT2D eigenvalue weighted by Gasteiger charge is 2.43. The lowest BCUT2D eigenvalue weighted by molar-refractivity contribution is 0.379. The molecular weight excluding hydrogens is 450 g/mol. The standard InChI is InChI=1S/C23H28ClN3O2S2/c1-17-7-6-8-19(18(17)2)15-20-16-30-22(25-20)26-11-13-27(14-12-26)31(28,29)21-9-4-5-10-23(21,3)24/h4-10,16,21H,11-15H2,1-3H3. The molecule has 8 heteroatoms. The molecule has 0 N–H and O–H groups in total. The second-order valence-corrected chi connectivity index (χ2v) is 12.1. The largest absolute Gasteiger partial charge is 0.345 e. The molecule has 1 aromatic carbocycles. The topological polar surface area (TPSA) is 53.5 Å². The van der Waals surface area contributed by atoms with E-state index in [0.29, 0.717) is 26.2 Å². The van der Waals surface area contributed by atoms with Gasteiger partial charge in [0.15, 0.2) is 5.13 Å². The van der Waals surface area contributed by atoms with Crippen LogP contribution in [0.25, 0.3) is 0 Å². The van der Waals surface area contributed by atoms with Gasteiger partial charge in [-0.2, -0.15) is 4.31 Å². The highest BCUT2D eigenvalue weighted by molar-refractivity contribution is 7.90. The van der Waals surface area contributed by atoms with E-state index in [1.54, 1.807) is 46.9 Å². The number of nitrogens with zero attached hydrogens (tertiary/aromatic N) is 3. The highest BCUT2D eigenvalue weighted by atomic mass is 35.5. The van der Waals surface area contributed by atoms with Gasteiger partial charge in [0, 0.05) is 38.0 Å². The minimum absolute atomic E-state index is 0.440. The van der Waals surface area contributed by atoms with Gasteiger partial charge >= 0.3 is 0 Å². The van der Waals surface area contributed by atoms with Gasteiger partial charge in [-0.1, -0.05) is 42.5 Å². The van der Waals surface area contributed by atoms with Crippen molar-refractivity contribution in [2.24, 2.45) is 0 Å². The lowest BCUT2D eigenvalue weighted by Gasteiger charge is -2.38. The first kappa shape index (κ1) is 22.5. The van der Waals surface area contributed by atoms with Crippen LogP contribution in [0.1, 0.15) is 29.3 Å². The molecule has 0 spiro atoms. The molecule has 0 radical (unpaired) electrons. The molecule has 31 heavy (non-hydrogen) atoms. The Hall–Kier alpha value is -1.67. The van der Waals surface area contributed by atoms with E-state index >= 15 is 0 Å². The zero-order chi connectivity index (χ0) is 22.2. The summed E-state index contributed by atoms with van der Waals surface area (Å²) in [6.45, 7) is 8.16. The molecule has 2 heterocycles. The monoisotopic (exact) mass is 477 g/mol. The molecule has 5 nitrogen and oxygen atoms in total. The number of rotatable bonds is 5. The second-order valence-electron chi connectivity index (χ2n) is 8.40. The normalized spacial score (nSPS) is 24.6. The fourth-order valence-electron chi connectivity index (χ4n) is 4.10. The van der Waals surface area contributed by atoms with E-state index in [1.807, 2.05) is 0 Å². The van der Waals surface area contributed by atoms with Gasteiger partial charge in [-0.05, 0) is 37.5 Å². The van der Waals surface area contributed by atoms with Gasteiger partial charge in [0.2, 0.25) is 10.0 Å². The van der Waals surface area contributed by atoms with Crippen molar-refractivity contribution in [1.82, 2.24) is 9.29 Å². The molecule has 2 aliphatic rings. The van der Waals surface area contributed by atoms with Crippen molar-refractivity contribution in [3.05, 3.63) is 70.3 Å². The first-order chi connectivity index (χ1) is 14.7. The van der Waals surface area contributed by atoms with Crippen LogP contribution in [0.5, 0.6) is 0 Å². The number of aryl methyl sites for hydroxylation is 1. The number of hydrogen-bond donors (Lipinski definition) is 0. The lowest BCUT2D eigenvalue weighted by atomic mass is 10.0. The van der Waals surface area contributed by atoms with Crippen LogP contribution < -0.4 is 4.90 Å². The van der Waals surface area contributed by atoms with Gasteiger partial charge in [-0.15, -0.1) is 22.9 Å². The number of anilines is 1. The molecule has 4 rings (SSSR count). The van der Waals surface area contributed by atoms with Crippen LogP contribution in [0, 0.1) is 13.8 Å². The molecule has 1 aromatic heterocycles.